The van der Waals surface area contributed by atoms with Gasteiger partial charge in [-0.3, -0.25) is 9.69 Å². The first-order valence-electron chi connectivity index (χ1n) is 9.91. The maximum absolute atomic E-state index is 10.0. The highest BCUT2D eigenvalue weighted by Crippen LogP contribution is 2.51. The van der Waals surface area contributed by atoms with E-state index in [4.69, 9.17) is 14.9 Å². The molecule has 0 spiro atoms. The molecule has 2 N–H and O–H groups in total. The summed E-state index contributed by atoms with van der Waals surface area (Å²) in [5.41, 5.74) is 2.44. The van der Waals surface area contributed by atoms with Crippen molar-refractivity contribution in [1.82, 2.24) is 14.5 Å². The van der Waals surface area contributed by atoms with Crippen LogP contribution in [-0.2, 0) is 11.3 Å². The summed E-state index contributed by atoms with van der Waals surface area (Å²) in [7, 11) is 0. The van der Waals surface area contributed by atoms with E-state index in [2.05, 4.69) is 54.5 Å². The van der Waals surface area contributed by atoms with E-state index in [1.807, 2.05) is 0 Å². The molecule has 2 aliphatic heterocycles. The van der Waals surface area contributed by atoms with E-state index in [0.29, 0.717) is 24.7 Å². The van der Waals surface area contributed by atoms with Crippen LogP contribution < -0.4 is 0 Å². The van der Waals surface area contributed by atoms with Crippen LogP contribution in [0.25, 0.3) is 11.0 Å². The molecule has 0 aliphatic carbocycles. The van der Waals surface area contributed by atoms with Crippen LogP contribution in [0.2, 0.25) is 0 Å². The van der Waals surface area contributed by atoms with Gasteiger partial charge in [0, 0.05) is 23.5 Å². The lowest BCUT2D eigenvalue weighted by Crippen LogP contribution is -2.39. The van der Waals surface area contributed by atoms with Gasteiger partial charge in [-0.1, -0.05) is 19.1 Å². The van der Waals surface area contributed by atoms with Gasteiger partial charge < -0.3 is 14.8 Å². The van der Waals surface area contributed by atoms with Crippen molar-refractivity contribution >= 4 is 17.5 Å². The normalized spacial score (nSPS) is 27.1. The number of aliphatic hydroxyl groups is 1. The van der Waals surface area contributed by atoms with Gasteiger partial charge >= 0.3 is 0 Å². The van der Waals surface area contributed by atoms with Gasteiger partial charge in [-0.15, -0.1) is 0 Å². The number of carbonyl (C=O) groups is 1. The quantitative estimate of drug-likeness (QED) is 0.785. The smallest absolute Gasteiger partial charge is 0.290 e. The fraction of sp³-hybridized carbons (Fsp3) is 0.619. The van der Waals surface area contributed by atoms with Crippen LogP contribution in [0.4, 0.5) is 0 Å². The average molecular weight is 373 g/mol. The number of carboxylic acid groups (broad SMARTS) is 1. The molecule has 6 nitrogen and oxygen atoms in total. The summed E-state index contributed by atoms with van der Waals surface area (Å²) < 4.78 is 2.39. The minimum atomic E-state index is -0.250. The van der Waals surface area contributed by atoms with E-state index in [0.717, 1.165) is 24.9 Å². The van der Waals surface area contributed by atoms with Crippen LogP contribution in [0.3, 0.4) is 0 Å². The monoisotopic (exact) mass is 373 g/mol. The number of aliphatic hydroxyl groups excluding tert-OH is 1. The number of fused-ring (bicyclic) bond motifs is 3. The molecular formula is C21H31N3O3. The summed E-state index contributed by atoms with van der Waals surface area (Å²) in [6.07, 6.45) is 4.71. The Balaban J connectivity index is 0.000000659. The van der Waals surface area contributed by atoms with Gasteiger partial charge in [0.15, 0.2) is 0 Å². The van der Waals surface area contributed by atoms with E-state index >= 15 is 0 Å². The molecule has 2 aliphatic rings. The van der Waals surface area contributed by atoms with Crippen LogP contribution in [0.15, 0.2) is 24.3 Å². The largest absolute Gasteiger partial charge is 0.483 e. The molecule has 3 heterocycles. The van der Waals surface area contributed by atoms with E-state index < -0.39 is 0 Å². The summed E-state index contributed by atoms with van der Waals surface area (Å²) in [5, 5.41) is 16.9. The van der Waals surface area contributed by atoms with Crippen molar-refractivity contribution in [3.8, 4) is 0 Å². The molecule has 0 amide bonds. The molecule has 0 unspecified atom stereocenters. The van der Waals surface area contributed by atoms with Gasteiger partial charge in [-0.2, -0.15) is 0 Å². The maximum Gasteiger partial charge on any atom is 0.290 e. The molecule has 2 fully saturated rings. The lowest BCUT2D eigenvalue weighted by Gasteiger charge is -2.35. The van der Waals surface area contributed by atoms with Crippen molar-refractivity contribution in [2.24, 2.45) is 5.41 Å². The molecule has 27 heavy (non-hydrogen) atoms. The Hall–Kier alpha value is -1.92. The standard InChI is InChI=1S/C20H29N3O.CH2O2/c1-4-20(13-24)11-15-9-10-18(20)22(15)12-19-21-16-7-5-6-8-17(16)23(19)14(2)3;2-1-3/h5-8,14-15,18,24H,4,9-13H2,1-3H3;1H,(H,2,3)/t15-,18+,20-;/m0./s1. The fourth-order valence-corrected chi connectivity index (χ4v) is 5.27. The number of hydrogen-bond donors (Lipinski definition) is 2. The Morgan fingerprint density at radius 1 is 1.33 bits per heavy atom. The number of aromatic nitrogens is 2. The minimum Gasteiger partial charge on any atom is -0.483 e. The van der Waals surface area contributed by atoms with Crippen LogP contribution in [0.1, 0.15) is 58.3 Å². The Morgan fingerprint density at radius 3 is 2.63 bits per heavy atom. The Bertz CT molecular complexity index is 782. The molecule has 0 radical (unpaired) electrons. The van der Waals surface area contributed by atoms with Crippen LogP contribution >= 0.6 is 0 Å². The molecule has 6 heteroatoms. The summed E-state index contributed by atoms with van der Waals surface area (Å²) in [4.78, 5) is 16.0. The molecule has 1 aromatic heterocycles. The zero-order valence-corrected chi connectivity index (χ0v) is 16.5. The van der Waals surface area contributed by atoms with Crippen molar-refractivity contribution in [2.75, 3.05) is 6.61 Å². The first-order chi connectivity index (χ1) is 13.0. The van der Waals surface area contributed by atoms with E-state index in [-0.39, 0.29) is 11.9 Å². The van der Waals surface area contributed by atoms with Crippen molar-refractivity contribution in [1.29, 1.82) is 0 Å². The minimum absolute atomic E-state index is 0.109. The van der Waals surface area contributed by atoms with Gasteiger partial charge in [0.1, 0.15) is 5.82 Å². The third-order valence-electron chi connectivity index (χ3n) is 6.52. The second-order valence-electron chi connectivity index (χ2n) is 8.08. The molecular weight excluding hydrogens is 342 g/mol. The Kier molecular flexibility index (Phi) is 5.86. The number of benzene rings is 1. The molecule has 3 atom stereocenters. The molecule has 4 rings (SSSR count). The van der Waals surface area contributed by atoms with Gasteiger partial charge in [-0.25, -0.2) is 4.98 Å². The summed E-state index contributed by atoms with van der Waals surface area (Å²) in [6.45, 7) is 7.69. The maximum atomic E-state index is 10.0. The van der Waals surface area contributed by atoms with Crippen LogP contribution in [0.5, 0.6) is 0 Å². The van der Waals surface area contributed by atoms with Gasteiger partial charge in [-0.05, 0) is 51.7 Å². The van der Waals surface area contributed by atoms with E-state index in [1.165, 1.54) is 24.2 Å². The average Bonchev–Trinajstić information content (AvgIpc) is 3.31. The lowest BCUT2D eigenvalue weighted by molar-refractivity contribution is -0.122. The highest BCUT2D eigenvalue weighted by atomic mass is 16.3. The summed E-state index contributed by atoms with van der Waals surface area (Å²) in [6, 6.07) is 9.98. The second-order valence-corrected chi connectivity index (χ2v) is 8.08. The van der Waals surface area contributed by atoms with Gasteiger partial charge in [0.05, 0.1) is 24.2 Å². The zero-order chi connectivity index (χ0) is 19.6. The van der Waals surface area contributed by atoms with Crippen LogP contribution in [-0.4, -0.2) is 49.8 Å². The number of nitrogens with zero attached hydrogens (tertiary/aromatic N) is 3. The summed E-state index contributed by atoms with van der Waals surface area (Å²) >= 11 is 0. The SMILES string of the molecule is CC[C@@]1(CO)C[C@@H]2CC[C@H]1N2Cc1nc2ccccc2n1C(C)C.O=CO. The molecule has 2 aromatic rings. The third-order valence-corrected chi connectivity index (χ3v) is 6.52. The van der Waals surface area contributed by atoms with Gasteiger partial charge in [0.25, 0.3) is 6.47 Å². The number of imidazole rings is 1. The first kappa shape index (κ1) is 19.8. The van der Waals surface area contributed by atoms with Gasteiger partial charge in [0.2, 0.25) is 0 Å². The fourth-order valence-electron chi connectivity index (χ4n) is 5.27. The predicted molar refractivity (Wildman–Crippen MR) is 106 cm³/mol. The highest BCUT2D eigenvalue weighted by Gasteiger charge is 2.54. The topological polar surface area (TPSA) is 78.6 Å². The van der Waals surface area contributed by atoms with Crippen LogP contribution in [0, 0.1) is 5.41 Å². The second kappa shape index (κ2) is 7.98. The molecule has 2 saturated heterocycles. The lowest BCUT2D eigenvalue weighted by atomic mass is 9.72. The third kappa shape index (κ3) is 3.36. The van der Waals surface area contributed by atoms with Crippen molar-refractivity contribution in [2.45, 2.75) is 71.1 Å². The predicted octanol–water partition coefficient (Wildman–Crippen LogP) is 3.44. The molecule has 2 bridgehead atoms. The van der Waals surface area contributed by atoms with Crippen molar-refractivity contribution in [3.63, 3.8) is 0 Å². The summed E-state index contributed by atoms with van der Waals surface area (Å²) in [5.74, 6) is 1.17. The Morgan fingerprint density at radius 2 is 2.04 bits per heavy atom. The van der Waals surface area contributed by atoms with E-state index in [9.17, 15) is 5.11 Å². The number of hydrogen-bond acceptors (Lipinski definition) is 4. The number of rotatable bonds is 5. The number of para-hydroxylation sites is 2. The molecule has 148 valence electrons. The highest BCUT2D eigenvalue weighted by molar-refractivity contribution is 5.76. The first-order valence-corrected chi connectivity index (χ1v) is 9.91. The zero-order valence-electron chi connectivity index (χ0n) is 16.5. The molecule has 0 saturated carbocycles. The van der Waals surface area contributed by atoms with Crippen molar-refractivity contribution < 1.29 is 15.0 Å². The van der Waals surface area contributed by atoms with E-state index in [1.54, 1.807) is 0 Å². The Labute approximate surface area is 160 Å². The van der Waals surface area contributed by atoms with Crippen molar-refractivity contribution in [3.05, 3.63) is 30.1 Å². The molecule has 1 aromatic carbocycles.